The van der Waals surface area contributed by atoms with Crippen molar-refractivity contribution in [3.63, 3.8) is 0 Å². The summed E-state index contributed by atoms with van der Waals surface area (Å²) < 4.78 is 94.1. The van der Waals surface area contributed by atoms with E-state index in [1.54, 1.807) is 0 Å². The van der Waals surface area contributed by atoms with E-state index in [1.807, 2.05) is 0 Å². The molecule has 4 rings (SSSR count). The molecule has 0 radical (unpaired) electrons. The number of anilines is 5. The molecule has 50 heavy (non-hydrogen) atoms. The third kappa shape index (κ3) is 13.7. The molecular formula is C23H21ClN8Na2O12S4. The Kier molecular flexibility index (Phi) is 17.2. The number of nitrogens with zero attached hydrogens (tertiary/aromatic N) is 5. The largest absolute Gasteiger partial charge is 1.00 e. The molecule has 20 nitrogen and oxygen atoms in total. The maximum atomic E-state index is 12.6. The van der Waals surface area contributed by atoms with Gasteiger partial charge in [-0.25, -0.2) is 16.8 Å². The average Bonchev–Trinajstić information content (AvgIpc) is 2.99. The minimum Gasteiger partial charge on any atom is -0.726 e. The van der Waals surface area contributed by atoms with E-state index < -0.39 is 43.5 Å². The van der Waals surface area contributed by atoms with Crippen LogP contribution in [0.25, 0.3) is 0 Å². The van der Waals surface area contributed by atoms with Gasteiger partial charge >= 0.3 is 59.1 Å². The van der Waals surface area contributed by atoms with E-state index in [1.165, 1.54) is 54.6 Å². The Hall–Kier alpha value is -1.76. The smallest absolute Gasteiger partial charge is 0.726 e. The second-order valence-corrected chi connectivity index (χ2v) is 14.7. The summed E-state index contributed by atoms with van der Waals surface area (Å²) in [4.78, 5) is 11.9. The third-order valence-corrected chi connectivity index (χ3v) is 9.41. The average molecular weight is 811 g/mol. The van der Waals surface area contributed by atoms with Crippen LogP contribution in [0.15, 0.2) is 85.6 Å². The molecule has 27 heteroatoms. The van der Waals surface area contributed by atoms with Crippen LogP contribution < -0.4 is 80.7 Å². The van der Waals surface area contributed by atoms with Crippen LogP contribution in [0.2, 0.25) is 5.28 Å². The van der Waals surface area contributed by atoms with Gasteiger partial charge in [-0.1, -0.05) is 12.1 Å². The van der Waals surface area contributed by atoms with Crippen LogP contribution in [0.3, 0.4) is 0 Å². The van der Waals surface area contributed by atoms with Gasteiger partial charge in [0.05, 0.1) is 50.5 Å². The summed E-state index contributed by atoms with van der Waals surface area (Å²) in [5.74, 6) is -1.07. The fourth-order valence-electron chi connectivity index (χ4n) is 3.56. The van der Waals surface area contributed by atoms with Gasteiger partial charge in [-0.2, -0.15) is 24.4 Å². The Balaban J connectivity index is 0.00000433. The Morgan fingerprint density at radius 3 is 2.22 bits per heavy atom. The molecule has 0 saturated carbocycles. The van der Waals surface area contributed by atoms with Gasteiger partial charge in [0.1, 0.15) is 16.6 Å². The van der Waals surface area contributed by atoms with E-state index in [4.69, 9.17) is 17.3 Å². The number of nitrogen functional groups attached to an aromatic ring is 1. The number of aromatic nitrogens is 3. The molecule has 1 aromatic heterocycles. The maximum absolute atomic E-state index is 12.6. The molecule has 0 saturated heterocycles. The molecule has 0 atom stereocenters. The fourth-order valence-corrected chi connectivity index (χ4v) is 6.20. The standard InChI is InChI=1S/C23H23ClN8O12S4.2Na/c24-21-28-22(26-13-3-1-6-16(9-13)47(36,37)38)30-23(29-21)27-18-11-17(25)20(45-44-43-33)12-19(18)32-31-14-4-2-5-15(10-14)46(34,35)8-7-42-48(39,40)41;;/h1-6,9-12,33,36-38H,7-8,25H2,(H,39,40,41)(H2,26,27,28,29,30);;/q;2*+1/p-2. The molecule has 0 bridgehead atoms. The number of rotatable bonds is 15. The number of benzene rings is 3. The molecule has 1 heterocycles. The Morgan fingerprint density at radius 2 is 1.56 bits per heavy atom. The van der Waals surface area contributed by atoms with Gasteiger partial charge in [0.25, 0.3) is 0 Å². The fraction of sp³-hybridized carbons (Fsp3) is 0.0870. The minimum atomic E-state index is -5.09. The van der Waals surface area contributed by atoms with Crippen molar-refractivity contribution in [1.82, 2.24) is 15.0 Å². The van der Waals surface area contributed by atoms with E-state index in [9.17, 15) is 40.3 Å². The molecule has 0 aliphatic rings. The van der Waals surface area contributed by atoms with Crippen molar-refractivity contribution in [2.45, 2.75) is 14.7 Å². The first-order valence-corrected chi connectivity index (χ1v) is 18.1. The van der Waals surface area contributed by atoms with Crippen molar-refractivity contribution in [3.8, 4) is 0 Å². The summed E-state index contributed by atoms with van der Waals surface area (Å²) in [5.41, 5.74) is 6.57. The zero-order valence-electron chi connectivity index (χ0n) is 25.5. The van der Waals surface area contributed by atoms with E-state index >= 15 is 0 Å². The van der Waals surface area contributed by atoms with Crippen molar-refractivity contribution < 1.29 is 113 Å². The Labute approximate surface area is 339 Å². The van der Waals surface area contributed by atoms with E-state index in [0.29, 0.717) is 12.0 Å². The molecule has 0 aliphatic carbocycles. The van der Waals surface area contributed by atoms with E-state index in [2.05, 4.69) is 49.4 Å². The zero-order valence-corrected chi connectivity index (χ0v) is 33.5. The van der Waals surface area contributed by atoms with Crippen LogP contribution in [0, 0.1) is 0 Å². The zero-order chi connectivity index (χ0) is 35.1. The first-order valence-electron chi connectivity index (χ1n) is 12.5. The number of nitrogens with two attached hydrogens (primary N) is 1. The molecule has 258 valence electrons. The number of sulfone groups is 1. The molecule has 0 spiro atoms. The number of halogens is 1. The monoisotopic (exact) mass is 810 g/mol. The van der Waals surface area contributed by atoms with Crippen molar-refractivity contribution in [1.29, 1.82) is 0 Å². The van der Waals surface area contributed by atoms with Gasteiger partial charge in [0, 0.05) is 11.4 Å². The maximum Gasteiger partial charge on any atom is 1.00 e. The first kappa shape index (κ1) is 44.4. The van der Waals surface area contributed by atoms with Crippen molar-refractivity contribution in [2.75, 3.05) is 28.7 Å². The number of azo groups is 1. The summed E-state index contributed by atoms with van der Waals surface area (Å²) in [5, 5.41) is 27.3. The van der Waals surface area contributed by atoms with Gasteiger partial charge in [0.2, 0.25) is 27.6 Å². The quantitative estimate of drug-likeness (QED) is 0.0111. The summed E-state index contributed by atoms with van der Waals surface area (Å²) in [6.07, 6.45) is 0. The van der Waals surface area contributed by atoms with Crippen LogP contribution in [-0.4, -0.2) is 62.4 Å². The molecule has 0 unspecified atom stereocenters. The van der Waals surface area contributed by atoms with E-state index in [0.717, 1.165) is 6.07 Å². The second kappa shape index (κ2) is 19.4. The van der Waals surface area contributed by atoms with Crippen LogP contribution in [-0.2, 0) is 33.8 Å². The molecule has 0 fully saturated rings. The molecule has 4 aromatic rings. The molecule has 3 aromatic carbocycles. The van der Waals surface area contributed by atoms with Crippen molar-refractivity contribution >= 4 is 95.1 Å². The second-order valence-electron chi connectivity index (χ2n) is 8.92. The predicted molar refractivity (Wildman–Crippen MR) is 169 cm³/mol. The van der Waals surface area contributed by atoms with Gasteiger partial charge in [0.15, 0.2) is 9.84 Å². The first-order chi connectivity index (χ1) is 22.5. The van der Waals surface area contributed by atoms with Crippen LogP contribution >= 0.6 is 34.5 Å². The van der Waals surface area contributed by atoms with Crippen LogP contribution in [0.4, 0.5) is 40.3 Å². The van der Waals surface area contributed by atoms with Crippen LogP contribution in [0.5, 0.6) is 0 Å². The topological polar surface area (TPSA) is 316 Å². The summed E-state index contributed by atoms with van der Waals surface area (Å²) in [6, 6.07) is 13.3. The summed E-state index contributed by atoms with van der Waals surface area (Å²) in [6.45, 7) is -0.893. The summed E-state index contributed by atoms with van der Waals surface area (Å²) >= 11 is 6.55. The molecular weight excluding hydrogens is 790 g/mol. The molecule has 0 amide bonds. The Bertz CT molecular complexity index is 2050. The van der Waals surface area contributed by atoms with E-state index in [-0.39, 0.29) is 119 Å². The number of nitrogens with one attached hydrogen (secondary N) is 2. The minimum absolute atomic E-state index is 0. The van der Waals surface area contributed by atoms with Gasteiger partial charge in [-0.3, -0.25) is 9.22 Å². The van der Waals surface area contributed by atoms with Crippen molar-refractivity contribution in [2.24, 2.45) is 10.2 Å². The normalized spacial score (nSPS) is 12.2. The van der Waals surface area contributed by atoms with Gasteiger partial charge < -0.3 is 39.8 Å². The third-order valence-electron chi connectivity index (χ3n) is 5.57. The predicted octanol–water partition coefficient (Wildman–Crippen LogP) is -1.92. The summed E-state index contributed by atoms with van der Waals surface area (Å²) in [7, 11) is -13.2. The Morgan fingerprint density at radius 1 is 0.900 bits per heavy atom. The number of hydrogen-bond acceptors (Lipinski definition) is 21. The van der Waals surface area contributed by atoms with Gasteiger partial charge in [-0.05, 0) is 60.1 Å². The molecule has 7 N–H and O–H groups in total. The SMILES string of the molecule is Nc1cc(Nc2nc(Cl)nc(Nc3cccc(S(O)(O)O)c3)n2)c(N=Nc2cccc(S(=O)(=O)CCOS(=O)(=O)[O-])c2)cc1SOO[O-].[Na+].[Na+]. The number of hydrogen-bond donors (Lipinski definition) is 6. The van der Waals surface area contributed by atoms with Crippen LogP contribution in [0.1, 0.15) is 0 Å². The molecule has 0 aliphatic heterocycles. The van der Waals surface area contributed by atoms with Crippen molar-refractivity contribution in [3.05, 3.63) is 65.9 Å². The van der Waals surface area contributed by atoms with Gasteiger partial charge in [-0.15, -0.1) is 5.11 Å².